The molecule has 1 heterocycles. The third-order valence-electron chi connectivity index (χ3n) is 2.85. The largest absolute Gasteiger partial charge is 0.465 e. The average molecular weight is 292 g/mol. The summed E-state index contributed by atoms with van der Waals surface area (Å²) in [7, 11) is 1.21. The van der Waals surface area contributed by atoms with Crippen LogP contribution in [0.5, 0.6) is 0 Å². The Kier molecular flexibility index (Phi) is 3.88. The standard InChI is InChI=1S/C13H13FN4O3/c1-6-10(15)11(18-17-6)12(19)16-9-5-7(13(20)21-2)3-4-8(9)14/h3-5H,15H2,1-2H3,(H,16,19)(H,17,18). The second-order valence-electron chi connectivity index (χ2n) is 4.25. The molecular formula is C13H13FN4O3. The molecule has 0 aliphatic heterocycles. The van der Waals surface area contributed by atoms with E-state index in [9.17, 15) is 14.0 Å². The lowest BCUT2D eigenvalue weighted by Crippen LogP contribution is -2.16. The van der Waals surface area contributed by atoms with Crippen molar-refractivity contribution in [3.63, 3.8) is 0 Å². The summed E-state index contributed by atoms with van der Waals surface area (Å²) >= 11 is 0. The van der Waals surface area contributed by atoms with Gasteiger partial charge >= 0.3 is 5.97 Å². The van der Waals surface area contributed by atoms with Gasteiger partial charge in [-0.1, -0.05) is 0 Å². The number of halogens is 1. The number of carbonyl (C=O) groups is 2. The lowest BCUT2D eigenvalue weighted by molar-refractivity contribution is 0.0600. The van der Waals surface area contributed by atoms with Gasteiger partial charge in [-0.3, -0.25) is 9.89 Å². The summed E-state index contributed by atoms with van der Waals surface area (Å²) < 4.78 is 18.2. The van der Waals surface area contributed by atoms with Crippen molar-refractivity contribution in [1.29, 1.82) is 0 Å². The van der Waals surface area contributed by atoms with Gasteiger partial charge in [-0.05, 0) is 25.1 Å². The Balaban J connectivity index is 2.28. The van der Waals surface area contributed by atoms with Crippen LogP contribution >= 0.6 is 0 Å². The van der Waals surface area contributed by atoms with Gasteiger partial charge in [-0.15, -0.1) is 0 Å². The Labute approximate surface area is 119 Å². The molecule has 7 nitrogen and oxygen atoms in total. The number of aryl methyl sites for hydroxylation is 1. The number of hydrogen-bond donors (Lipinski definition) is 3. The number of ether oxygens (including phenoxy) is 1. The molecule has 0 saturated carbocycles. The molecule has 0 atom stereocenters. The van der Waals surface area contributed by atoms with E-state index in [1.165, 1.54) is 19.2 Å². The molecule has 1 aromatic carbocycles. The molecule has 0 saturated heterocycles. The minimum absolute atomic E-state index is 0.0460. The first-order valence-corrected chi connectivity index (χ1v) is 5.93. The number of aromatic amines is 1. The van der Waals surface area contributed by atoms with Crippen molar-refractivity contribution in [2.45, 2.75) is 6.92 Å². The van der Waals surface area contributed by atoms with E-state index in [4.69, 9.17) is 5.73 Å². The van der Waals surface area contributed by atoms with Crippen LogP contribution in [0.2, 0.25) is 0 Å². The highest BCUT2D eigenvalue weighted by molar-refractivity contribution is 6.07. The van der Waals surface area contributed by atoms with Crippen LogP contribution in [0.15, 0.2) is 18.2 Å². The maximum Gasteiger partial charge on any atom is 0.337 e. The van der Waals surface area contributed by atoms with E-state index >= 15 is 0 Å². The van der Waals surface area contributed by atoms with Crippen molar-refractivity contribution < 1.29 is 18.7 Å². The molecule has 1 amide bonds. The molecule has 0 aliphatic carbocycles. The SMILES string of the molecule is COC(=O)c1ccc(F)c(NC(=O)c2n[nH]c(C)c2N)c1. The van der Waals surface area contributed by atoms with Gasteiger partial charge in [0, 0.05) is 0 Å². The molecule has 21 heavy (non-hydrogen) atoms. The molecule has 2 aromatic rings. The fourth-order valence-electron chi connectivity index (χ4n) is 1.66. The van der Waals surface area contributed by atoms with Gasteiger partial charge in [-0.2, -0.15) is 5.10 Å². The number of benzene rings is 1. The van der Waals surface area contributed by atoms with Gasteiger partial charge in [0.2, 0.25) is 0 Å². The molecule has 0 unspecified atom stereocenters. The van der Waals surface area contributed by atoms with Gasteiger partial charge in [0.15, 0.2) is 5.69 Å². The van der Waals surface area contributed by atoms with Gasteiger partial charge in [0.25, 0.3) is 5.91 Å². The number of methoxy groups -OCH3 is 1. The molecule has 0 radical (unpaired) electrons. The molecule has 8 heteroatoms. The van der Waals surface area contributed by atoms with Crippen molar-refractivity contribution >= 4 is 23.3 Å². The zero-order valence-electron chi connectivity index (χ0n) is 11.4. The minimum Gasteiger partial charge on any atom is -0.465 e. The van der Waals surface area contributed by atoms with E-state index in [1.807, 2.05) is 0 Å². The van der Waals surface area contributed by atoms with Gasteiger partial charge in [0.05, 0.1) is 29.7 Å². The Morgan fingerprint density at radius 3 is 2.71 bits per heavy atom. The van der Waals surface area contributed by atoms with Gasteiger partial charge in [0.1, 0.15) is 5.82 Å². The predicted octanol–water partition coefficient (Wildman–Crippen LogP) is 1.48. The first-order chi connectivity index (χ1) is 9.93. The van der Waals surface area contributed by atoms with Crippen molar-refractivity contribution in [3.8, 4) is 0 Å². The third-order valence-corrected chi connectivity index (χ3v) is 2.85. The molecule has 110 valence electrons. The number of nitrogens with two attached hydrogens (primary N) is 1. The van der Waals surface area contributed by atoms with E-state index in [0.29, 0.717) is 5.69 Å². The number of amides is 1. The van der Waals surface area contributed by atoms with E-state index in [2.05, 4.69) is 20.3 Å². The van der Waals surface area contributed by atoms with Crippen LogP contribution in [-0.4, -0.2) is 29.2 Å². The molecular weight excluding hydrogens is 279 g/mol. The fourth-order valence-corrected chi connectivity index (χ4v) is 1.66. The molecule has 0 fully saturated rings. The second-order valence-corrected chi connectivity index (χ2v) is 4.25. The summed E-state index contributed by atoms with van der Waals surface area (Å²) in [6.07, 6.45) is 0. The van der Waals surface area contributed by atoms with Crippen LogP contribution in [0.25, 0.3) is 0 Å². The van der Waals surface area contributed by atoms with Crippen LogP contribution in [0.3, 0.4) is 0 Å². The van der Waals surface area contributed by atoms with Crippen LogP contribution in [0.1, 0.15) is 26.5 Å². The summed E-state index contributed by atoms with van der Waals surface area (Å²) in [5.41, 5.74) is 6.28. The molecule has 2 rings (SSSR count). The summed E-state index contributed by atoms with van der Waals surface area (Å²) in [5.74, 6) is -2.01. The first-order valence-electron chi connectivity index (χ1n) is 5.93. The van der Waals surface area contributed by atoms with Crippen molar-refractivity contribution in [2.75, 3.05) is 18.2 Å². The quantitative estimate of drug-likeness (QED) is 0.742. The van der Waals surface area contributed by atoms with Crippen molar-refractivity contribution in [1.82, 2.24) is 10.2 Å². The highest BCUT2D eigenvalue weighted by Gasteiger charge is 2.18. The van der Waals surface area contributed by atoms with Crippen molar-refractivity contribution in [3.05, 3.63) is 41.0 Å². The zero-order chi connectivity index (χ0) is 15.6. The number of nitrogens with one attached hydrogen (secondary N) is 2. The average Bonchev–Trinajstić information content (AvgIpc) is 2.80. The summed E-state index contributed by atoms with van der Waals surface area (Å²) in [5, 5.41) is 8.61. The lowest BCUT2D eigenvalue weighted by Gasteiger charge is -2.07. The first kappa shape index (κ1) is 14.5. The number of rotatable bonds is 3. The van der Waals surface area contributed by atoms with Crippen molar-refractivity contribution in [2.24, 2.45) is 0 Å². The predicted molar refractivity (Wildman–Crippen MR) is 73.4 cm³/mol. The maximum atomic E-state index is 13.7. The zero-order valence-corrected chi connectivity index (χ0v) is 11.4. The molecule has 0 bridgehead atoms. The normalized spacial score (nSPS) is 10.2. The van der Waals surface area contributed by atoms with Crippen LogP contribution in [0.4, 0.5) is 15.8 Å². The van der Waals surface area contributed by atoms with Gasteiger partial charge in [-0.25, -0.2) is 9.18 Å². The molecule has 0 spiro atoms. The fraction of sp³-hybridized carbons (Fsp3) is 0.154. The van der Waals surface area contributed by atoms with E-state index in [0.717, 1.165) is 6.07 Å². The lowest BCUT2D eigenvalue weighted by atomic mass is 10.2. The van der Waals surface area contributed by atoms with Crippen LogP contribution in [-0.2, 0) is 4.74 Å². The minimum atomic E-state index is -0.693. The number of H-pyrrole nitrogens is 1. The van der Waals surface area contributed by atoms with E-state index in [1.54, 1.807) is 6.92 Å². The monoisotopic (exact) mass is 292 g/mol. The molecule has 0 aliphatic rings. The molecule has 1 aromatic heterocycles. The highest BCUT2D eigenvalue weighted by Crippen LogP contribution is 2.19. The maximum absolute atomic E-state index is 13.7. The number of carbonyl (C=O) groups excluding carboxylic acids is 2. The number of nitrogen functional groups attached to an aromatic ring is 1. The number of hydrogen-bond acceptors (Lipinski definition) is 5. The second kappa shape index (κ2) is 5.61. The smallest absolute Gasteiger partial charge is 0.337 e. The Bertz CT molecular complexity index is 711. The third kappa shape index (κ3) is 2.83. The Hall–Kier alpha value is -2.90. The number of anilines is 2. The topological polar surface area (TPSA) is 110 Å². The number of nitrogens with zero attached hydrogens (tertiary/aromatic N) is 1. The molecule has 4 N–H and O–H groups in total. The highest BCUT2D eigenvalue weighted by atomic mass is 19.1. The van der Waals surface area contributed by atoms with Gasteiger partial charge < -0.3 is 15.8 Å². The summed E-state index contributed by atoms with van der Waals surface area (Å²) in [6.45, 7) is 1.65. The number of esters is 1. The Morgan fingerprint density at radius 2 is 2.14 bits per heavy atom. The Morgan fingerprint density at radius 1 is 1.43 bits per heavy atom. The van der Waals surface area contributed by atoms with E-state index in [-0.39, 0.29) is 22.6 Å². The van der Waals surface area contributed by atoms with Crippen LogP contribution < -0.4 is 11.1 Å². The summed E-state index contributed by atoms with van der Waals surface area (Å²) in [6, 6.07) is 3.49. The summed E-state index contributed by atoms with van der Waals surface area (Å²) in [4.78, 5) is 23.4. The van der Waals surface area contributed by atoms with E-state index < -0.39 is 17.7 Å². The number of aromatic nitrogens is 2. The van der Waals surface area contributed by atoms with Crippen LogP contribution in [0, 0.1) is 12.7 Å².